The number of rotatable bonds is 3. The molecule has 0 aliphatic rings. The Morgan fingerprint density at radius 3 is 2.38 bits per heavy atom. The molecule has 2 aromatic rings. The molecule has 0 amide bonds. The average molecular weight is 328 g/mol. The van der Waals surface area contributed by atoms with E-state index >= 15 is 0 Å². The maximum absolute atomic E-state index is 12.7. The molecule has 0 N–H and O–H groups in total. The lowest BCUT2D eigenvalue weighted by atomic mass is 10.2. The Balaban J connectivity index is 2.02. The highest BCUT2D eigenvalue weighted by atomic mass is 127. The first kappa shape index (κ1) is 11.4. The molecule has 0 unspecified atom stereocenters. The first-order chi connectivity index (χ1) is 7.75. The first-order valence-corrected chi connectivity index (χ1v) is 5.95. The zero-order valence-corrected chi connectivity index (χ0v) is 10.6. The third-order valence-electron chi connectivity index (χ3n) is 2.14. The largest absolute Gasteiger partial charge is 0.488 e. The molecular weight excluding hydrogens is 318 g/mol. The summed E-state index contributed by atoms with van der Waals surface area (Å²) in [5.41, 5.74) is 0.959. The highest BCUT2D eigenvalue weighted by Gasteiger charge is 2.00. The van der Waals surface area contributed by atoms with E-state index in [-0.39, 0.29) is 5.82 Å². The van der Waals surface area contributed by atoms with Crippen LogP contribution in [0.25, 0.3) is 0 Å². The number of halogens is 2. The lowest BCUT2D eigenvalue weighted by molar-refractivity contribution is 0.304. The zero-order valence-electron chi connectivity index (χ0n) is 8.49. The van der Waals surface area contributed by atoms with E-state index in [9.17, 15) is 4.39 Å². The second-order valence-electron chi connectivity index (χ2n) is 3.35. The van der Waals surface area contributed by atoms with Crippen LogP contribution in [0.2, 0.25) is 0 Å². The van der Waals surface area contributed by atoms with Gasteiger partial charge in [-0.2, -0.15) is 0 Å². The van der Waals surface area contributed by atoms with Gasteiger partial charge in [-0.25, -0.2) is 4.39 Å². The maximum Gasteiger partial charge on any atom is 0.133 e. The average Bonchev–Trinajstić information content (AvgIpc) is 2.30. The summed E-state index contributed by atoms with van der Waals surface area (Å²) >= 11 is 2.22. The highest BCUT2D eigenvalue weighted by Crippen LogP contribution is 2.20. The van der Waals surface area contributed by atoms with Crippen LogP contribution in [0.5, 0.6) is 5.75 Å². The summed E-state index contributed by atoms with van der Waals surface area (Å²) in [6.45, 7) is 0.459. The minimum Gasteiger partial charge on any atom is -0.488 e. The predicted molar refractivity (Wildman–Crippen MR) is 69.9 cm³/mol. The molecule has 0 atom stereocenters. The number of hydrogen-bond acceptors (Lipinski definition) is 1. The number of hydrogen-bond donors (Lipinski definition) is 0. The SMILES string of the molecule is Fc1ccc(COc2ccccc2I)cc1. The first-order valence-electron chi connectivity index (χ1n) is 4.87. The van der Waals surface area contributed by atoms with Crippen molar-refractivity contribution in [3.63, 3.8) is 0 Å². The Bertz CT molecular complexity index is 468. The lowest BCUT2D eigenvalue weighted by Gasteiger charge is -2.07. The van der Waals surface area contributed by atoms with E-state index in [1.54, 1.807) is 12.1 Å². The van der Waals surface area contributed by atoms with E-state index in [1.165, 1.54) is 12.1 Å². The summed E-state index contributed by atoms with van der Waals surface area (Å²) in [4.78, 5) is 0. The fourth-order valence-electron chi connectivity index (χ4n) is 1.30. The molecule has 0 aromatic heterocycles. The van der Waals surface area contributed by atoms with Crippen molar-refractivity contribution in [3.05, 3.63) is 63.5 Å². The van der Waals surface area contributed by atoms with Crippen LogP contribution in [0.1, 0.15) is 5.56 Å². The number of para-hydroxylation sites is 1. The molecule has 0 heterocycles. The molecule has 0 radical (unpaired) electrons. The van der Waals surface area contributed by atoms with Crippen molar-refractivity contribution >= 4 is 22.6 Å². The number of ether oxygens (including phenoxy) is 1. The normalized spacial score (nSPS) is 10.1. The van der Waals surface area contributed by atoms with Crippen molar-refractivity contribution in [2.75, 3.05) is 0 Å². The molecular formula is C13H10FIO. The van der Waals surface area contributed by atoms with Crippen LogP contribution >= 0.6 is 22.6 Å². The van der Waals surface area contributed by atoms with Crippen LogP contribution in [0.3, 0.4) is 0 Å². The van der Waals surface area contributed by atoms with E-state index in [4.69, 9.17) is 4.74 Å². The van der Waals surface area contributed by atoms with Crippen LogP contribution in [-0.2, 0) is 6.61 Å². The molecule has 0 saturated heterocycles. The Kier molecular flexibility index (Phi) is 3.77. The molecule has 0 aliphatic heterocycles. The van der Waals surface area contributed by atoms with E-state index in [2.05, 4.69) is 22.6 Å². The van der Waals surface area contributed by atoms with Gasteiger partial charge < -0.3 is 4.74 Å². The van der Waals surface area contributed by atoms with Gasteiger partial charge in [0.2, 0.25) is 0 Å². The standard InChI is InChI=1S/C13H10FIO/c14-11-7-5-10(6-8-11)9-16-13-4-2-1-3-12(13)15/h1-8H,9H2. The predicted octanol–water partition coefficient (Wildman–Crippen LogP) is 4.01. The lowest BCUT2D eigenvalue weighted by Crippen LogP contribution is -1.96. The van der Waals surface area contributed by atoms with Crippen LogP contribution in [0, 0.1) is 9.39 Å². The minimum absolute atomic E-state index is 0.224. The molecule has 0 fully saturated rings. The third kappa shape index (κ3) is 2.95. The molecule has 82 valence electrons. The van der Waals surface area contributed by atoms with E-state index < -0.39 is 0 Å². The summed E-state index contributed by atoms with van der Waals surface area (Å²) < 4.78 is 19.4. The Labute approximate surface area is 107 Å². The van der Waals surface area contributed by atoms with Crippen molar-refractivity contribution in [2.24, 2.45) is 0 Å². The molecule has 2 aromatic carbocycles. The van der Waals surface area contributed by atoms with Gasteiger partial charge in [0.05, 0.1) is 3.57 Å². The van der Waals surface area contributed by atoms with Crippen molar-refractivity contribution < 1.29 is 9.13 Å². The molecule has 3 heteroatoms. The summed E-state index contributed by atoms with van der Waals surface area (Å²) in [5.74, 6) is 0.630. The monoisotopic (exact) mass is 328 g/mol. The Morgan fingerprint density at radius 1 is 1.00 bits per heavy atom. The Hall–Kier alpha value is -1.10. The van der Waals surface area contributed by atoms with Gasteiger partial charge in [0.25, 0.3) is 0 Å². The highest BCUT2D eigenvalue weighted by molar-refractivity contribution is 14.1. The van der Waals surface area contributed by atoms with Gasteiger partial charge in [-0.15, -0.1) is 0 Å². The molecule has 0 spiro atoms. The summed E-state index contributed by atoms with van der Waals surface area (Å²) in [6, 6.07) is 14.1. The molecule has 0 aliphatic carbocycles. The second-order valence-corrected chi connectivity index (χ2v) is 4.51. The minimum atomic E-state index is -0.224. The van der Waals surface area contributed by atoms with Gasteiger partial charge in [0.15, 0.2) is 0 Å². The van der Waals surface area contributed by atoms with Crippen LogP contribution in [0.15, 0.2) is 48.5 Å². The van der Waals surface area contributed by atoms with Gasteiger partial charge in [0.1, 0.15) is 18.2 Å². The van der Waals surface area contributed by atoms with Crippen LogP contribution in [-0.4, -0.2) is 0 Å². The van der Waals surface area contributed by atoms with Crippen molar-refractivity contribution in [3.8, 4) is 5.75 Å². The van der Waals surface area contributed by atoms with Crippen molar-refractivity contribution in [2.45, 2.75) is 6.61 Å². The van der Waals surface area contributed by atoms with E-state index in [1.807, 2.05) is 24.3 Å². The van der Waals surface area contributed by atoms with Gasteiger partial charge in [-0.05, 0) is 52.4 Å². The van der Waals surface area contributed by atoms with Gasteiger partial charge in [-0.3, -0.25) is 0 Å². The molecule has 2 rings (SSSR count). The fraction of sp³-hybridized carbons (Fsp3) is 0.0769. The molecule has 1 nitrogen and oxygen atoms in total. The summed E-state index contributed by atoms with van der Waals surface area (Å²) in [7, 11) is 0. The summed E-state index contributed by atoms with van der Waals surface area (Å²) in [6.07, 6.45) is 0. The summed E-state index contributed by atoms with van der Waals surface area (Å²) in [5, 5.41) is 0. The Morgan fingerprint density at radius 2 is 1.69 bits per heavy atom. The smallest absolute Gasteiger partial charge is 0.133 e. The second kappa shape index (κ2) is 5.30. The van der Waals surface area contributed by atoms with Gasteiger partial charge in [-0.1, -0.05) is 24.3 Å². The zero-order chi connectivity index (χ0) is 11.4. The van der Waals surface area contributed by atoms with E-state index in [0.717, 1.165) is 14.9 Å². The maximum atomic E-state index is 12.7. The van der Waals surface area contributed by atoms with Crippen LogP contribution < -0.4 is 4.74 Å². The molecule has 0 bridgehead atoms. The molecule has 16 heavy (non-hydrogen) atoms. The topological polar surface area (TPSA) is 9.23 Å². The quantitative estimate of drug-likeness (QED) is 0.774. The van der Waals surface area contributed by atoms with E-state index in [0.29, 0.717) is 6.61 Å². The van der Waals surface area contributed by atoms with Crippen molar-refractivity contribution in [1.82, 2.24) is 0 Å². The number of benzene rings is 2. The fourth-order valence-corrected chi connectivity index (χ4v) is 1.85. The van der Waals surface area contributed by atoms with Gasteiger partial charge >= 0.3 is 0 Å². The van der Waals surface area contributed by atoms with Crippen LogP contribution in [0.4, 0.5) is 4.39 Å². The third-order valence-corrected chi connectivity index (χ3v) is 3.04. The molecule has 0 saturated carbocycles. The van der Waals surface area contributed by atoms with Crippen molar-refractivity contribution in [1.29, 1.82) is 0 Å². The van der Waals surface area contributed by atoms with Gasteiger partial charge in [0, 0.05) is 0 Å².